The maximum absolute atomic E-state index is 8.11. The van der Waals surface area contributed by atoms with Crippen LogP contribution in [0.15, 0.2) is 36.6 Å². The van der Waals surface area contributed by atoms with Crippen molar-refractivity contribution in [3.05, 3.63) is 53.3 Å². The zero-order valence-electron chi connectivity index (χ0n) is 11.7. The highest BCUT2D eigenvalue weighted by atomic mass is 16.5. The molecule has 0 saturated heterocycles. The highest BCUT2D eigenvalue weighted by molar-refractivity contribution is 5.84. The van der Waals surface area contributed by atoms with E-state index in [0.29, 0.717) is 19.3 Å². The topological polar surface area (TPSA) is 37.9 Å². The van der Waals surface area contributed by atoms with Crippen LogP contribution in [0.5, 0.6) is 0 Å². The van der Waals surface area contributed by atoms with E-state index in [4.69, 9.17) is 6.11 Å². The van der Waals surface area contributed by atoms with Crippen molar-refractivity contribution in [2.75, 3.05) is 0 Å². The summed E-state index contributed by atoms with van der Waals surface area (Å²) in [5.41, 5.74) is 6.31. The third-order valence-corrected chi connectivity index (χ3v) is 3.69. The van der Waals surface area contributed by atoms with Crippen LogP contribution in [-0.4, -0.2) is 9.97 Å². The summed E-state index contributed by atoms with van der Waals surface area (Å²) in [5, 5.41) is 1.13. The molecule has 0 spiro atoms. The van der Waals surface area contributed by atoms with Gasteiger partial charge in [-0.3, -0.25) is 0 Å². The van der Waals surface area contributed by atoms with Gasteiger partial charge in [0.05, 0.1) is 14.6 Å². The van der Waals surface area contributed by atoms with Crippen molar-refractivity contribution in [3.8, 4) is 11.1 Å². The second kappa shape index (κ2) is 3.93. The Kier molecular flexibility index (Phi) is 2.02. The fourth-order valence-electron chi connectivity index (χ4n) is 2.56. The normalized spacial score (nSPS) is 14.7. The van der Waals surface area contributed by atoms with Gasteiger partial charge in [0.2, 0.25) is 0 Å². The maximum Gasteiger partial charge on any atom is 0.137 e. The van der Waals surface area contributed by atoms with Gasteiger partial charge >= 0.3 is 0 Å². The number of benzene rings is 1. The molecule has 1 aliphatic heterocycles. The number of pyridine rings is 1. The Labute approximate surface area is 112 Å². The molecule has 0 saturated carbocycles. The van der Waals surface area contributed by atoms with Crippen molar-refractivity contribution < 1.29 is 6.11 Å². The molecule has 0 amide bonds. The lowest BCUT2D eigenvalue weighted by Gasteiger charge is -2.04. The molecule has 3 aromatic rings. The van der Waals surface area contributed by atoms with E-state index in [2.05, 4.69) is 29.0 Å². The summed E-state index contributed by atoms with van der Waals surface area (Å²) in [6, 6.07) is 6.70. The standard InChI is InChI=1S/C16H14N2O/c1-10-6-17-16-15(10)5-13(7-18-16)11-2-3-12-8-19-9-14(12)4-11/h2-7H,8-9H2,1H3,(H,17,18)/i3D. The summed E-state index contributed by atoms with van der Waals surface area (Å²) in [7, 11) is 0. The lowest BCUT2D eigenvalue weighted by molar-refractivity contribution is 0.134. The van der Waals surface area contributed by atoms with Crippen LogP contribution in [0.2, 0.25) is 0 Å². The van der Waals surface area contributed by atoms with Crippen LogP contribution in [0, 0.1) is 6.92 Å². The first kappa shape index (κ1) is 9.75. The van der Waals surface area contributed by atoms with E-state index in [1.165, 1.54) is 5.56 Å². The maximum atomic E-state index is 8.11. The molecule has 0 unspecified atom stereocenters. The molecule has 0 fully saturated rings. The van der Waals surface area contributed by atoms with E-state index < -0.39 is 0 Å². The minimum absolute atomic E-state index is 0.556. The van der Waals surface area contributed by atoms with E-state index in [1.54, 1.807) is 0 Å². The number of ether oxygens (including phenoxy) is 1. The van der Waals surface area contributed by atoms with Crippen molar-refractivity contribution in [1.29, 1.82) is 0 Å². The molecule has 19 heavy (non-hydrogen) atoms. The van der Waals surface area contributed by atoms with Gasteiger partial charge in [0.1, 0.15) is 5.65 Å². The van der Waals surface area contributed by atoms with E-state index in [0.717, 1.165) is 33.3 Å². The van der Waals surface area contributed by atoms with Crippen molar-refractivity contribution in [3.63, 3.8) is 0 Å². The molecule has 2 aromatic heterocycles. The molecular weight excluding hydrogens is 236 g/mol. The second-order valence-electron chi connectivity index (χ2n) is 4.98. The minimum Gasteiger partial charge on any atom is -0.372 e. The number of rotatable bonds is 1. The fourth-order valence-corrected chi connectivity index (χ4v) is 2.56. The van der Waals surface area contributed by atoms with E-state index in [9.17, 15) is 0 Å². The molecule has 94 valence electrons. The number of aromatic nitrogens is 2. The smallest absolute Gasteiger partial charge is 0.137 e. The quantitative estimate of drug-likeness (QED) is 0.718. The third kappa shape index (κ3) is 1.66. The van der Waals surface area contributed by atoms with Crippen molar-refractivity contribution >= 4 is 11.0 Å². The first-order chi connectivity index (χ1) is 9.72. The minimum atomic E-state index is 0.556. The molecular formula is C16H14N2O. The number of aromatic amines is 1. The summed E-state index contributed by atoms with van der Waals surface area (Å²) in [6.45, 7) is 3.23. The Morgan fingerprint density at radius 3 is 3.11 bits per heavy atom. The summed E-state index contributed by atoms with van der Waals surface area (Å²) in [6.07, 6.45) is 3.82. The number of nitrogens with zero attached hydrogens (tertiary/aromatic N) is 1. The Balaban J connectivity index is 1.90. The second-order valence-corrected chi connectivity index (χ2v) is 4.98. The summed E-state index contributed by atoms with van der Waals surface area (Å²) in [4.78, 5) is 7.60. The predicted molar refractivity (Wildman–Crippen MR) is 74.8 cm³/mol. The van der Waals surface area contributed by atoms with Crippen molar-refractivity contribution in [1.82, 2.24) is 9.97 Å². The van der Waals surface area contributed by atoms with E-state index in [1.807, 2.05) is 18.5 Å². The van der Waals surface area contributed by atoms with Gasteiger partial charge in [-0.2, -0.15) is 0 Å². The van der Waals surface area contributed by atoms with Gasteiger partial charge in [-0.15, -0.1) is 0 Å². The number of nitrogens with one attached hydrogen (secondary N) is 1. The molecule has 1 aliphatic rings. The zero-order chi connectivity index (χ0) is 13.7. The number of hydrogen-bond acceptors (Lipinski definition) is 2. The summed E-state index contributed by atoms with van der Waals surface area (Å²) >= 11 is 0. The van der Waals surface area contributed by atoms with Crippen LogP contribution < -0.4 is 0 Å². The van der Waals surface area contributed by atoms with Gasteiger partial charge < -0.3 is 9.72 Å². The molecule has 0 bridgehead atoms. The molecule has 3 heterocycles. The third-order valence-electron chi connectivity index (χ3n) is 3.69. The molecule has 0 aliphatic carbocycles. The molecule has 1 aromatic carbocycles. The Bertz CT molecular complexity index is 823. The molecule has 3 heteroatoms. The Hall–Kier alpha value is -2.13. The monoisotopic (exact) mass is 251 g/mol. The predicted octanol–water partition coefficient (Wildman–Crippen LogP) is 3.57. The lowest BCUT2D eigenvalue weighted by atomic mass is 10.0. The average Bonchev–Trinajstić information content (AvgIpc) is 3.06. The van der Waals surface area contributed by atoms with E-state index in [-0.39, 0.29) is 0 Å². The highest BCUT2D eigenvalue weighted by Crippen LogP contribution is 2.28. The fraction of sp³-hybridized carbons (Fsp3) is 0.188. The molecule has 4 rings (SSSR count). The van der Waals surface area contributed by atoms with Gasteiger partial charge in [-0.05, 0) is 41.3 Å². The average molecular weight is 251 g/mol. The van der Waals surface area contributed by atoms with Crippen LogP contribution >= 0.6 is 0 Å². The number of hydrogen-bond donors (Lipinski definition) is 1. The zero-order valence-corrected chi connectivity index (χ0v) is 10.7. The van der Waals surface area contributed by atoms with Gasteiger partial charge in [-0.1, -0.05) is 12.1 Å². The molecule has 1 N–H and O–H groups in total. The largest absolute Gasteiger partial charge is 0.372 e. The number of fused-ring (bicyclic) bond motifs is 2. The van der Waals surface area contributed by atoms with Crippen LogP contribution in [0.4, 0.5) is 0 Å². The van der Waals surface area contributed by atoms with Crippen molar-refractivity contribution in [2.24, 2.45) is 0 Å². The summed E-state index contributed by atoms with van der Waals surface area (Å²) < 4.78 is 13.5. The van der Waals surface area contributed by atoms with Gasteiger partial charge in [0, 0.05) is 23.3 Å². The van der Waals surface area contributed by atoms with Gasteiger partial charge in [0.25, 0.3) is 0 Å². The van der Waals surface area contributed by atoms with Crippen LogP contribution in [0.3, 0.4) is 0 Å². The van der Waals surface area contributed by atoms with E-state index >= 15 is 0 Å². The first-order valence-electron chi connectivity index (χ1n) is 6.86. The van der Waals surface area contributed by atoms with Crippen molar-refractivity contribution in [2.45, 2.75) is 20.1 Å². The van der Waals surface area contributed by atoms with Crippen LogP contribution in [-0.2, 0) is 18.0 Å². The first-order valence-corrected chi connectivity index (χ1v) is 6.36. The molecule has 3 nitrogen and oxygen atoms in total. The SMILES string of the molecule is [2H]c1cc(-c2cnc3[nH]cc(C)c3c2)cc2c1COC2. The van der Waals surface area contributed by atoms with Gasteiger partial charge in [-0.25, -0.2) is 4.98 Å². The molecule has 0 radical (unpaired) electrons. The van der Waals surface area contributed by atoms with Crippen LogP contribution in [0.1, 0.15) is 18.1 Å². The molecule has 0 atom stereocenters. The summed E-state index contributed by atoms with van der Waals surface area (Å²) in [5.74, 6) is 0. The highest BCUT2D eigenvalue weighted by Gasteiger charge is 2.12. The van der Waals surface area contributed by atoms with Crippen LogP contribution in [0.25, 0.3) is 22.2 Å². The Morgan fingerprint density at radius 2 is 2.16 bits per heavy atom. The van der Waals surface area contributed by atoms with Gasteiger partial charge in [0.15, 0.2) is 0 Å². The Morgan fingerprint density at radius 1 is 1.26 bits per heavy atom. The lowest BCUT2D eigenvalue weighted by Crippen LogP contribution is -1.86. The number of H-pyrrole nitrogens is 1. The number of aryl methyl sites for hydroxylation is 1.